The molecule has 0 aromatic rings. The zero-order valence-electron chi connectivity index (χ0n) is 9.82. The zero-order chi connectivity index (χ0) is 11.4. The number of carbonyl (C=O) groups excluding carboxylic acids is 2. The third-order valence-electron chi connectivity index (χ3n) is 3.06. The maximum atomic E-state index is 12.0. The van der Waals surface area contributed by atoms with Gasteiger partial charge in [-0.3, -0.25) is 9.59 Å². The van der Waals surface area contributed by atoms with E-state index >= 15 is 0 Å². The first-order chi connectivity index (χ1) is 7.11. The Labute approximate surface area is 86.7 Å². The van der Waals surface area contributed by atoms with Crippen molar-refractivity contribution in [2.75, 3.05) is 0 Å². The molecular formula is C11H19NO2. The summed E-state index contributed by atoms with van der Waals surface area (Å²) in [5.74, 6) is 0.166. The molecule has 1 N–H and O–H groups in total. The lowest BCUT2D eigenvalue weighted by atomic mass is 9.87. The van der Waals surface area contributed by atoms with Gasteiger partial charge in [0.2, 0.25) is 6.41 Å². The van der Waals surface area contributed by atoms with Crippen LogP contribution in [-0.2, 0) is 9.59 Å². The minimum absolute atomic E-state index is 0.0199. The summed E-state index contributed by atoms with van der Waals surface area (Å²) >= 11 is 0. The molecule has 1 saturated carbocycles. The second-order valence-corrected chi connectivity index (χ2v) is 3.92. The lowest BCUT2D eigenvalue weighted by Gasteiger charge is -2.20. The normalized spacial score (nSPS) is 34.7. The van der Waals surface area contributed by atoms with Crippen LogP contribution in [0.3, 0.4) is 0 Å². The average molecular weight is 199 g/mol. The van der Waals surface area contributed by atoms with E-state index in [1.807, 2.05) is 0 Å². The van der Waals surface area contributed by atoms with Crippen molar-refractivity contribution < 1.29 is 11.0 Å². The molecule has 4 atom stereocenters. The van der Waals surface area contributed by atoms with E-state index in [0.717, 1.165) is 19.3 Å². The van der Waals surface area contributed by atoms with E-state index < -0.39 is 6.04 Å². The molecular weight excluding hydrogens is 178 g/mol. The summed E-state index contributed by atoms with van der Waals surface area (Å²) < 4.78 is 7.84. The summed E-state index contributed by atoms with van der Waals surface area (Å²) in [5, 5.41) is 2.47. The largest absolute Gasteiger partial charge is 0.349 e. The second-order valence-electron chi connectivity index (χ2n) is 3.92. The molecule has 1 fully saturated rings. The van der Waals surface area contributed by atoms with Crippen LogP contribution in [-0.4, -0.2) is 18.2 Å². The molecule has 0 heterocycles. The minimum atomic E-state index is -0.451. The van der Waals surface area contributed by atoms with Crippen LogP contribution in [0.25, 0.3) is 0 Å². The fourth-order valence-electron chi connectivity index (χ4n) is 2.14. The number of nitrogens with one attached hydrogen (secondary N) is 1. The van der Waals surface area contributed by atoms with Crippen LogP contribution in [0.4, 0.5) is 0 Å². The highest BCUT2D eigenvalue weighted by Gasteiger charge is 2.33. The fourth-order valence-corrected chi connectivity index (χ4v) is 2.14. The Morgan fingerprint density at radius 2 is 2.50 bits per heavy atom. The van der Waals surface area contributed by atoms with Gasteiger partial charge in [-0.1, -0.05) is 19.8 Å². The molecule has 0 spiro atoms. The number of rotatable bonds is 5. The molecule has 0 radical (unpaired) electrons. The molecule has 14 heavy (non-hydrogen) atoms. The zero-order valence-corrected chi connectivity index (χ0v) is 8.82. The Kier molecular flexibility index (Phi) is 3.55. The van der Waals surface area contributed by atoms with Crippen molar-refractivity contribution in [2.45, 2.75) is 45.5 Å². The Hall–Kier alpha value is -0.860. The quantitative estimate of drug-likeness (QED) is 0.682. The Morgan fingerprint density at radius 3 is 3.07 bits per heavy atom. The summed E-state index contributed by atoms with van der Waals surface area (Å²) in [5.41, 5.74) is 0. The van der Waals surface area contributed by atoms with E-state index in [9.17, 15) is 9.59 Å². The van der Waals surface area contributed by atoms with Crippen molar-refractivity contribution in [3.05, 3.63) is 0 Å². The van der Waals surface area contributed by atoms with Crippen molar-refractivity contribution in [3.8, 4) is 0 Å². The first-order valence-electron chi connectivity index (χ1n) is 5.85. The van der Waals surface area contributed by atoms with Gasteiger partial charge in [0.1, 0.15) is 0 Å². The molecule has 0 aliphatic heterocycles. The molecule has 1 amide bonds. The molecule has 3 nitrogen and oxygen atoms in total. The summed E-state index contributed by atoms with van der Waals surface area (Å²) in [7, 11) is 0. The van der Waals surface area contributed by atoms with Gasteiger partial charge in [-0.15, -0.1) is 0 Å². The maximum Gasteiger partial charge on any atom is 0.207 e. The molecule has 1 rings (SSSR count). The SMILES string of the molecule is [3H][C@@H]1CC[C@H](CC)C1C(=O)[C@H](C)NC=O. The van der Waals surface area contributed by atoms with Gasteiger partial charge < -0.3 is 5.32 Å². The standard InChI is InChI=1S/C11H19NO2/c1-3-9-5-4-6-10(9)11(14)8(2)12-7-13/h7-10H,3-6H2,1-2H3,(H,12,13)/t8-,9-,10?/m0/s1/i6T/t6-,8+,9+,10?/m1. The molecule has 80 valence electrons. The molecule has 0 saturated heterocycles. The Balaban J connectivity index is 2.67. The summed E-state index contributed by atoms with van der Waals surface area (Å²) in [4.78, 5) is 22.2. The van der Waals surface area contributed by atoms with Crippen LogP contribution in [0.1, 0.15) is 40.9 Å². The second kappa shape index (κ2) is 5.13. The maximum absolute atomic E-state index is 12.0. The highest BCUT2D eigenvalue weighted by atomic mass is 16.1. The number of ketones is 1. The molecule has 0 aromatic heterocycles. The van der Waals surface area contributed by atoms with Crippen LogP contribution in [0.2, 0.25) is 0 Å². The predicted molar refractivity (Wildman–Crippen MR) is 54.8 cm³/mol. The van der Waals surface area contributed by atoms with Crippen molar-refractivity contribution in [3.63, 3.8) is 0 Å². The van der Waals surface area contributed by atoms with E-state index in [1.165, 1.54) is 0 Å². The van der Waals surface area contributed by atoms with Crippen molar-refractivity contribution in [1.29, 1.82) is 0 Å². The van der Waals surface area contributed by atoms with E-state index in [4.69, 9.17) is 1.37 Å². The lowest BCUT2D eigenvalue weighted by molar-refractivity contribution is -0.127. The van der Waals surface area contributed by atoms with Gasteiger partial charge in [0, 0.05) is 7.29 Å². The van der Waals surface area contributed by atoms with Gasteiger partial charge in [0.05, 0.1) is 6.04 Å². The minimum Gasteiger partial charge on any atom is -0.349 e. The van der Waals surface area contributed by atoms with E-state index in [-0.39, 0.29) is 18.1 Å². The smallest absolute Gasteiger partial charge is 0.207 e. The Bertz CT molecular complexity index is 245. The summed E-state index contributed by atoms with van der Waals surface area (Å²) in [6.45, 7) is 3.75. The summed E-state index contributed by atoms with van der Waals surface area (Å²) in [6.07, 6.45) is 2.99. The van der Waals surface area contributed by atoms with Gasteiger partial charge in [-0.2, -0.15) is 0 Å². The van der Waals surface area contributed by atoms with Gasteiger partial charge in [-0.25, -0.2) is 0 Å². The van der Waals surface area contributed by atoms with E-state index in [0.29, 0.717) is 12.3 Å². The van der Waals surface area contributed by atoms with Crippen molar-refractivity contribution in [1.82, 2.24) is 5.32 Å². The first-order valence-corrected chi connectivity index (χ1v) is 5.27. The number of Topliss-reactive ketones (excluding diaryl/α,β-unsaturated/α-hetero) is 1. The van der Waals surface area contributed by atoms with Crippen LogP contribution < -0.4 is 5.32 Å². The number of carbonyl (C=O) groups is 2. The van der Waals surface area contributed by atoms with Crippen LogP contribution in [0.15, 0.2) is 0 Å². The van der Waals surface area contributed by atoms with Gasteiger partial charge in [-0.05, 0) is 25.7 Å². The van der Waals surface area contributed by atoms with E-state index in [1.54, 1.807) is 6.92 Å². The van der Waals surface area contributed by atoms with Crippen LogP contribution in [0, 0.1) is 11.8 Å². The van der Waals surface area contributed by atoms with Gasteiger partial charge >= 0.3 is 0 Å². The third-order valence-corrected chi connectivity index (χ3v) is 3.06. The highest BCUT2D eigenvalue weighted by molar-refractivity contribution is 5.87. The molecule has 1 aliphatic carbocycles. The van der Waals surface area contributed by atoms with Gasteiger partial charge in [0.25, 0.3) is 0 Å². The topological polar surface area (TPSA) is 46.2 Å². The average Bonchev–Trinajstić information content (AvgIpc) is 2.58. The predicted octanol–water partition coefficient (Wildman–Crippen LogP) is 1.52. The van der Waals surface area contributed by atoms with Crippen LogP contribution >= 0.6 is 0 Å². The molecule has 0 bridgehead atoms. The highest BCUT2D eigenvalue weighted by Crippen LogP contribution is 2.35. The third kappa shape index (κ3) is 2.34. The fraction of sp³-hybridized carbons (Fsp3) is 0.818. The Morgan fingerprint density at radius 1 is 1.79 bits per heavy atom. The lowest BCUT2D eigenvalue weighted by Crippen LogP contribution is -2.38. The first kappa shape index (κ1) is 9.69. The van der Waals surface area contributed by atoms with Gasteiger partial charge in [0.15, 0.2) is 5.78 Å². The molecule has 3 heteroatoms. The number of amides is 1. The monoisotopic (exact) mass is 199 g/mol. The van der Waals surface area contributed by atoms with Crippen LogP contribution in [0.5, 0.6) is 0 Å². The molecule has 1 unspecified atom stereocenters. The number of hydrogen-bond acceptors (Lipinski definition) is 2. The molecule has 1 aliphatic rings. The molecule has 0 aromatic carbocycles. The van der Waals surface area contributed by atoms with Crippen molar-refractivity contribution >= 4 is 12.2 Å². The van der Waals surface area contributed by atoms with E-state index in [2.05, 4.69) is 12.2 Å². The summed E-state index contributed by atoms with van der Waals surface area (Å²) in [6, 6.07) is -0.451. The van der Waals surface area contributed by atoms with Crippen molar-refractivity contribution in [2.24, 2.45) is 11.8 Å². The number of hydrogen-bond donors (Lipinski definition) is 1.